The third-order valence-electron chi connectivity index (χ3n) is 4.32. The highest BCUT2D eigenvalue weighted by molar-refractivity contribution is 5.06. The number of hydrogen-bond acceptors (Lipinski definition) is 3. The molecule has 1 fully saturated rings. The molecule has 0 bridgehead atoms. The normalized spacial score (nSPS) is 20.2. The van der Waals surface area contributed by atoms with Crippen LogP contribution in [0.3, 0.4) is 0 Å². The molecule has 1 aliphatic carbocycles. The Morgan fingerprint density at radius 2 is 2.22 bits per heavy atom. The molecule has 4 nitrogen and oxygen atoms in total. The van der Waals surface area contributed by atoms with Crippen molar-refractivity contribution in [2.24, 2.45) is 7.05 Å². The number of likely N-dealkylation sites (N-methyl/N-ethyl adjacent to an activating group) is 1. The highest BCUT2D eigenvalue weighted by Crippen LogP contribution is 2.37. The predicted octanol–water partition coefficient (Wildman–Crippen LogP) is 1.90. The average Bonchev–Trinajstić information content (AvgIpc) is 3.00. The summed E-state index contributed by atoms with van der Waals surface area (Å²) in [6, 6.07) is 0.435. The molecule has 1 aliphatic rings. The minimum Gasteiger partial charge on any atom is -0.377 e. The van der Waals surface area contributed by atoms with Gasteiger partial charge in [0.25, 0.3) is 0 Å². The molecule has 1 unspecified atom stereocenters. The number of aryl methyl sites for hydroxylation is 2. The van der Waals surface area contributed by atoms with Gasteiger partial charge in [-0.15, -0.1) is 0 Å². The highest BCUT2D eigenvalue weighted by atomic mass is 16.5. The Morgan fingerprint density at radius 3 is 2.72 bits per heavy atom. The van der Waals surface area contributed by atoms with Crippen molar-refractivity contribution in [2.75, 3.05) is 14.2 Å². The molecular formula is C14H25N3O. The molecule has 0 aliphatic heterocycles. The molecule has 2 rings (SSSR count). The Labute approximate surface area is 110 Å². The quantitative estimate of drug-likeness (QED) is 0.839. The Balaban J connectivity index is 1.96. The average molecular weight is 251 g/mol. The molecule has 0 amide bonds. The van der Waals surface area contributed by atoms with Crippen LogP contribution in [0.15, 0.2) is 12.4 Å². The van der Waals surface area contributed by atoms with E-state index < -0.39 is 0 Å². The van der Waals surface area contributed by atoms with Crippen molar-refractivity contribution < 1.29 is 4.74 Å². The van der Waals surface area contributed by atoms with Gasteiger partial charge in [-0.3, -0.25) is 4.68 Å². The number of aromatic nitrogens is 2. The summed E-state index contributed by atoms with van der Waals surface area (Å²) in [6.45, 7) is 0. The van der Waals surface area contributed by atoms with Crippen LogP contribution in [0, 0.1) is 0 Å². The van der Waals surface area contributed by atoms with E-state index in [1.54, 1.807) is 0 Å². The molecule has 102 valence electrons. The van der Waals surface area contributed by atoms with Crippen LogP contribution in [0.1, 0.15) is 37.7 Å². The number of hydrogen-bond donors (Lipinski definition) is 1. The van der Waals surface area contributed by atoms with E-state index in [1.807, 2.05) is 32.1 Å². The van der Waals surface area contributed by atoms with Crippen LogP contribution >= 0.6 is 0 Å². The van der Waals surface area contributed by atoms with Gasteiger partial charge in [0.15, 0.2) is 0 Å². The molecule has 0 spiro atoms. The van der Waals surface area contributed by atoms with E-state index in [4.69, 9.17) is 4.74 Å². The molecule has 1 aromatic rings. The SMILES string of the molecule is CNC(CCc1cnn(C)c1)C1(OC)CCCC1. The summed E-state index contributed by atoms with van der Waals surface area (Å²) < 4.78 is 7.73. The fourth-order valence-corrected chi connectivity index (χ4v) is 3.25. The molecule has 0 aromatic carbocycles. The highest BCUT2D eigenvalue weighted by Gasteiger charge is 2.40. The first kappa shape index (κ1) is 13.6. The van der Waals surface area contributed by atoms with Crippen molar-refractivity contribution in [3.05, 3.63) is 18.0 Å². The molecule has 0 saturated heterocycles. The van der Waals surface area contributed by atoms with Gasteiger partial charge >= 0.3 is 0 Å². The minimum absolute atomic E-state index is 0.0525. The van der Waals surface area contributed by atoms with Crippen LogP contribution in [-0.4, -0.2) is 35.6 Å². The summed E-state index contributed by atoms with van der Waals surface area (Å²) in [4.78, 5) is 0. The summed E-state index contributed by atoms with van der Waals surface area (Å²) in [5, 5.41) is 7.68. The van der Waals surface area contributed by atoms with Gasteiger partial charge in [0.2, 0.25) is 0 Å². The Morgan fingerprint density at radius 1 is 1.50 bits per heavy atom. The summed E-state index contributed by atoms with van der Waals surface area (Å²) in [5.74, 6) is 0. The van der Waals surface area contributed by atoms with Gasteiger partial charge in [-0.2, -0.15) is 5.10 Å². The second-order valence-electron chi connectivity index (χ2n) is 5.38. The fourth-order valence-electron chi connectivity index (χ4n) is 3.25. The van der Waals surface area contributed by atoms with Gasteiger partial charge in [0.1, 0.15) is 0 Å². The van der Waals surface area contributed by atoms with Crippen molar-refractivity contribution in [1.29, 1.82) is 0 Å². The second kappa shape index (κ2) is 5.85. The fraction of sp³-hybridized carbons (Fsp3) is 0.786. The molecular weight excluding hydrogens is 226 g/mol. The number of ether oxygens (including phenoxy) is 1. The van der Waals surface area contributed by atoms with E-state index >= 15 is 0 Å². The van der Waals surface area contributed by atoms with Crippen molar-refractivity contribution in [3.8, 4) is 0 Å². The number of rotatable bonds is 6. The van der Waals surface area contributed by atoms with Crippen molar-refractivity contribution in [2.45, 2.75) is 50.2 Å². The molecule has 18 heavy (non-hydrogen) atoms. The van der Waals surface area contributed by atoms with Crippen molar-refractivity contribution in [1.82, 2.24) is 15.1 Å². The predicted molar refractivity (Wildman–Crippen MR) is 72.6 cm³/mol. The Bertz CT molecular complexity index is 369. The smallest absolute Gasteiger partial charge is 0.0830 e. The van der Waals surface area contributed by atoms with E-state index in [2.05, 4.69) is 16.6 Å². The molecule has 1 saturated carbocycles. The standard InChI is InChI=1S/C14H25N3O/c1-15-13(14(18-3)8-4-5-9-14)7-6-12-10-16-17(2)11-12/h10-11,13,15H,4-9H2,1-3H3. The number of nitrogens with zero attached hydrogens (tertiary/aromatic N) is 2. The minimum atomic E-state index is 0.0525. The van der Waals surface area contributed by atoms with E-state index in [1.165, 1.54) is 31.2 Å². The zero-order valence-corrected chi connectivity index (χ0v) is 11.8. The largest absolute Gasteiger partial charge is 0.377 e. The van der Waals surface area contributed by atoms with Crippen LogP contribution in [0.4, 0.5) is 0 Å². The Hall–Kier alpha value is -0.870. The molecule has 1 aromatic heterocycles. The van der Waals surface area contributed by atoms with Crippen molar-refractivity contribution >= 4 is 0 Å². The van der Waals surface area contributed by atoms with Gasteiger partial charge in [-0.1, -0.05) is 12.8 Å². The zero-order valence-electron chi connectivity index (χ0n) is 11.8. The van der Waals surface area contributed by atoms with Gasteiger partial charge in [0.05, 0.1) is 11.8 Å². The monoisotopic (exact) mass is 251 g/mol. The van der Waals surface area contributed by atoms with Crippen LogP contribution in [0.2, 0.25) is 0 Å². The maximum atomic E-state index is 5.86. The van der Waals surface area contributed by atoms with E-state index in [0.29, 0.717) is 6.04 Å². The summed E-state index contributed by atoms with van der Waals surface area (Å²) in [7, 11) is 5.87. The number of nitrogens with one attached hydrogen (secondary N) is 1. The lowest BCUT2D eigenvalue weighted by atomic mass is 9.88. The van der Waals surface area contributed by atoms with Gasteiger partial charge in [-0.25, -0.2) is 0 Å². The van der Waals surface area contributed by atoms with Crippen LogP contribution in [0.5, 0.6) is 0 Å². The first-order valence-corrected chi connectivity index (χ1v) is 6.90. The van der Waals surface area contributed by atoms with Gasteiger partial charge in [0, 0.05) is 26.4 Å². The maximum absolute atomic E-state index is 5.86. The lowest BCUT2D eigenvalue weighted by Crippen LogP contribution is -2.49. The van der Waals surface area contributed by atoms with E-state index in [9.17, 15) is 0 Å². The molecule has 1 heterocycles. The molecule has 4 heteroatoms. The summed E-state index contributed by atoms with van der Waals surface area (Å²) >= 11 is 0. The lowest BCUT2D eigenvalue weighted by molar-refractivity contribution is -0.0357. The zero-order chi connectivity index (χ0) is 13.0. The molecule has 0 radical (unpaired) electrons. The molecule has 1 atom stereocenters. The van der Waals surface area contributed by atoms with Gasteiger partial charge in [-0.05, 0) is 38.3 Å². The summed E-state index contributed by atoms with van der Waals surface area (Å²) in [6.07, 6.45) is 11.2. The molecule has 1 N–H and O–H groups in total. The van der Waals surface area contributed by atoms with E-state index in [-0.39, 0.29) is 5.60 Å². The van der Waals surface area contributed by atoms with Crippen LogP contribution in [0.25, 0.3) is 0 Å². The summed E-state index contributed by atoms with van der Waals surface area (Å²) in [5.41, 5.74) is 1.36. The Kier molecular flexibility index (Phi) is 4.40. The maximum Gasteiger partial charge on any atom is 0.0830 e. The van der Waals surface area contributed by atoms with E-state index in [0.717, 1.165) is 12.8 Å². The van der Waals surface area contributed by atoms with Crippen molar-refractivity contribution in [3.63, 3.8) is 0 Å². The first-order chi connectivity index (χ1) is 8.70. The third kappa shape index (κ3) is 2.75. The lowest BCUT2D eigenvalue weighted by Gasteiger charge is -2.36. The number of methoxy groups -OCH3 is 1. The van der Waals surface area contributed by atoms with Crippen LogP contribution in [-0.2, 0) is 18.2 Å². The van der Waals surface area contributed by atoms with Crippen LogP contribution < -0.4 is 5.32 Å². The van der Waals surface area contributed by atoms with Gasteiger partial charge < -0.3 is 10.1 Å². The second-order valence-corrected chi connectivity index (χ2v) is 5.38. The third-order valence-corrected chi connectivity index (χ3v) is 4.32. The first-order valence-electron chi connectivity index (χ1n) is 6.90. The topological polar surface area (TPSA) is 39.1 Å².